The molecule has 1 heteroatoms. The van der Waals surface area contributed by atoms with Crippen LogP contribution >= 0.6 is 15.9 Å². The van der Waals surface area contributed by atoms with Gasteiger partial charge >= 0.3 is 0 Å². The van der Waals surface area contributed by atoms with E-state index in [1.54, 1.807) is 0 Å². The molecule has 1 aromatic carbocycles. The van der Waals surface area contributed by atoms with E-state index in [0.29, 0.717) is 5.92 Å². The zero-order chi connectivity index (χ0) is 7.84. The second-order valence-corrected chi connectivity index (χ2v) is 3.70. The lowest BCUT2D eigenvalue weighted by Crippen LogP contribution is -1.73. The molecular formula is C10H9Br. The number of halogens is 1. The second kappa shape index (κ2) is 2.49. The summed E-state index contributed by atoms with van der Waals surface area (Å²) in [7, 11) is 0. The first-order chi connectivity index (χ1) is 5.30. The summed E-state index contributed by atoms with van der Waals surface area (Å²) in [6, 6.07) is 10.5. The van der Waals surface area contributed by atoms with Gasteiger partial charge in [-0.3, -0.25) is 0 Å². The van der Waals surface area contributed by atoms with Crippen molar-refractivity contribution in [2.45, 2.75) is 6.92 Å². The summed E-state index contributed by atoms with van der Waals surface area (Å²) in [5.41, 5.74) is 2.82. The lowest BCUT2D eigenvalue weighted by atomic mass is 10.1. The molecule has 1 aliphatic carbocycles. The number of hydrogen-bond acceptors (Lipinski definition) is 0. The minimum absolute atomic E-state index is 0.650. The molecule has 0 nitrogen and oxygen atoms in total. The molecule has 1 atom stereocenters. The molecule has 0 saturated carbocycles. The predicted octanol–water partition coefficient (Wildman–Crippen LogP) is 3.44. The summed E-state index contributed by atoms with van der Waals surface area (Å²) in [6.45, 7) is 2.21. The monoisotopic (exact) mass is 208 g/mol. The first-order valence-electron chi connectivity index (χ1n) is 3.75. The van der Waals surface area contributed by atoms with Crippen molar-refractivity contribution >= 4 is 21.5 Å². The van der Waals surface area contributed by atoms with Gasteiger partial charge in [-0.2, -0.15) is 0 Å². The molecule has 1 aliphatic rings. The first-order valence-corrected chi connectivity index (χ1v) is 4.55. The van der Waals surface area contributed by atoms with E-state index in [9.17, 15) is 0 Å². The summed E-state index contributed by atoms with van der Waals surface area (Å²) in [5, 5.41) is 0. The Labute approximate surface area is 75.1 Å². The minimum atomic E-state index is 0.650. The van der Waals surface area contributed by atoms with Crippen LogP contribution in [0.5, 0.6) is 0 Å². The summed E-state index contributed by atoms with van der Waals surface area (Å²) >= 11 is 3.53. The van der Waals surface area contributed by atoms with E-state index in [0.717, 1.165) is 0 Å². The zero-order valence-electron chi connectivity index (χ0n) is 6.34. The van der Waals surface area contributed by atoms with Crippen LogP contribution in [0.25, 0.3) is 5.57 Å². The second-order valence-electron chi connectivity index (χ2n) is 2.85. The summed E-state index contributed by atoms with van der Waals surface area (Å²) in [6.07, 6.45) is 0. The normalized spacial score (nSPS) is 22.2. The molecule has 0 saturated heterocycles. The van der Waals surface area contributed by atoms with Crippen LogP contribution in [0.15, 0.2) is 34.8 Å². The minimum Gasteiger partial charge on any atom is -0.0622 e. The highest BCUT2D eigenvalue weighted by molar-refractivity contribution is 9.12. The van der Waals surface area contributed by atoms with Gasteiger partial charge in [-0.25, -0.2) is 0 Å². The van der Waals surface area contributed by atoms with Gasteiger partial charge in [0.2, 0.25) is 0 Å². The Morgan fingerprint density at radius 1 is 1.18 bits per heavy atom. The molecule has 0 fully saturated rings. The molecule has 0 aromatic heterocycles. The smallest absolute Gasteiger partial charge is 0.0144 e. The molecule has 2 rings (SSSR count). The zero-order valence-corrected chi connectivity index (χ0v) is 7.93. The summed E-state index contributed by atoms with van der Waals surface area (Å²) < 4.78 is 1.36. The van der Waals surface area contributed by atoms with E-state index in [1.807, 2.05) is 6.07 Å². The molecule has 0 spiro atoms. The highest BCUT2D eigenvalue weighted by Gasteiger charge is 2.30. The molecule has 56 valence electrons. The lowest BCUT2D eigenvalue weighted by molar-refractivity contribution is 1.09. The van der Waals surface area contributed by atoms with E-state index >= 15 is 0 Å². The van der Waals surface area contributed by atoms with Gasteiger partial charge in [0.1, 0.15) is 0 Å². The van der Waals surface area contributed by atoms with E-state index in [1.165, 1.54) is 15.6 Å². The Morgan fingerprint density at radius 3 is 2.18 bits per heavy atom. The van der Waals surface area contributed by atoms with Crippen molar-refractivity contribution in [2.24, 2.45) is 5.92 Å². The molecule has 0 heterocycles. The van der Waals surface area contributed by atoms with Crippen LogP contribution in [0.2, 0.25) is 0 Å². The molecule has 1 aromatic rings. The van der Waals surface area contributed by atoms with Crippen LogP contribution in [0.1, 0.15) is 12.5 Å². The van der Waals surface area contributed by atoms with E-state index in [2.05, 4.69) is 47.1 Å². The van der Waals surface area contributed by atoms with Crippen LogP contribution < -0.4 is 0 Å². The maximum absolute atomic E-state index is 3.53. The third-order valence-corrected chi connectivity index (χ3v) is 3.19. The fourth-order valence-electron chi connectivity index (χ4n) is 1.31. The van der Waals surface area contributed by atoms with E-state index in [-0.39, 0.29) is 0 Å². The van der Waals surface area contributed by atoms with Crippen molar-refractivity contribution in [1.29, 1.82) is 0 Å². The number of allylic oxidation sites excluding steroid dienone is 2. The van der Waals surface area contributed by atoms with Crippen LogP contribution in [0.3, 0.4) is 0 Å². The van der Waals surface area contributed by atoms with Crippen molar-refractivity contribution in [3.8, 4) is 0 Å². The van der Waals surface area contributed by atoms with Gasteiger partial charge in [-0.15, -0.1) is 0 Å². The Morgan fingerprint density at radius 2 is 1.73 bits per heavy atom. The Hall–Kier alpha value is -0.560. The maximum Gasteiger partial charge on any atom is 0.0144 e. The third kappa shape index (κ3) is 1.14. The summed E-state index contributed by atoms with van der Waals surface area (Å²) in [4.78, 5) is 0. The van der Waals surface area contributed by atoms with Crippen molar-refractivity contribution < 1.29 is 0 Å². The highest BCUT2D eigenvalue weighted by Crippen LogP contribution is 2.49. The van der Waals surface area contributed by atoms with Crippen molar-refractivity contribution in [3.63, 3.8) is 0 Å². The molecular weight excluding hydrogens is 200 g/mol. The lowest BCUT2D eigenvalue weighted by Gasteiger charge is -1.92. The largest absolute Gasteiger partial charge is 0.0622 e. The van der Waals surface area contributed by atoms with Crippen LogP contribution in [-0.4, -0.2) is 0 Å². The quantitative estimate of drug-likeness (QED) is 0.664. The SMILES string of the molecule is CC1C(Br)=C1c1ccccc1. The topological polar surface area (TPSA) is 0 Å². The van der Waals surface area contributed by atoms with Gasteiger partial charge in [0.05, 0.1) is 0 Å². The summed E-state index contributed by atoms with van der Waals surface area (Å²) in [5.74, 6) is 0.650. The van der Waals surface area contributed by atoms with Gasteiger partial charge in [-0.05, 0) is 11.1 Å². The Kier molecular flexibility index (Phi) is 1.61. The molecule has 0 radical (unpaired) electrons. The molecule has 1 unspecified atom stereocenters. The first kappa shape index (κ1) is 7.11. The van der Waals surface area contributed by atoms with Crippen LogP contribution in [0.4, 0.5) is 0 Å². The predicted molar refractivity (Wildman–Crippen MR) is 51.5 cm³/mol. The molecule has 0 bridgehead atoms. The van der Waals surface area contributed by atoms with Gasteiger partial charge < -0.3 is 0 Å². The number of benzene rings is 1. The third-order valence-electron chi connectivity index (χ3n) is 2.07. The Balaban J connectivity index is 2.34. The van der Waals surface area contributed by atoms with E-state index < -0.39 is 0 Å². The molecule has 0 N–H and O–H groups in total. The fourth-order valence-corrected chi connectivity index (χ4v) is 1.99. The van der Waals surface area contributed by atoms with Gasteiger partial charge in [0.25, 0.3) is 0 Å². The highest BCUT2D eigenvalue weighted by atomic mass is 79.9. The van der Waals surface area contributed by atoms with Gasteiger partial charge in [0, 0.05) is 10.4 Å². The average Bonchev–Trinajstić information content (AvgIpc) is 2.62. The van der Waals surface area contributed by atoms with Gasteiger partial charge in [-0.1, -0.05) is 53.2 Å². The van der Waals surface area contributed by atoms with Crippen LogP contribution in [-0.2, 0) is 0 Å². The van der Waals surface area contributed by atoms with Crippen molar-refractivity contribution in [1.82, 2.24) is 0 Å². The standard InChI is InChI=1S/C10H9Br/c1-7-9(10(7)11)8-5-3-2-4-6-8/h2-7H,1H3. The molecule has 0 amide bonds. The molecule has 11 heavy (non-hydrogen) atoms. The van der Waals surface area contributed by atoms with Gasteiger partial charge in [0.15, 0.2) is 0 Å². The number of hydrogen-bond donors (Lipinski definition) is 0. The average molecular weight is 209 g/mol. The van der Waals surface area contributed by atoms with Crippen molar-refractivity contribution in [3.05, 3.63) is 40.4 Å². The Bertz CT molecular complexity index is 298. The van der Waals surface area contributed by atoms with Crippen molar-refractivity contribution in [2.75, 3.05) is 0 Å². The number of rotatable bonds is 1. The fraction of sp³-hybridized carbons (Fsp3) is 0.200. The maximum atomic E-state index is 3.53. The molecule has 0 aliphatic heterocycles. The van der Waals surface area contributed by atoms with E-state index in [4.69, 9.17) is 0 Å². The van der Waals surface area contributed by atoms with Crippen LogP contribution in [0, 0.1) is 5.92 Å².